The van der Waals surface area contributed by atoms with Crippen molar-refractivity contribution in [2.45, 2.75) is 0 Å². The van der Waals surface area contributed by atoms with Crippen LogP contribution in [-0.4, -0.2) is 17.3 Å². The first-order valence-electron chi connectivity index (χ1n) is 3.20. The van der Waals surface area contributed by atoms with Crippen LogP contribution in [0.1, 0.15) is 10.4 Å². The molecule has 0 saturated carbocycles. The number of anilines is 1. The van der Waals surface area contributed by atoms with Crippen LogP contribution in [0.3, 0.4) is 0 Å². The van der Waals surface area contributed by atoms with Gasteiger partial charge in [0.05, 0.1) is 5.56 Å². The standard InChI is InChI=1S/C7H7N3O2/c8-7(12)5-1-2-6(9-3-5)10-4-11/h1-4H,(H2,8,12)(H,9,10,11). The summed E-state index contributed by atoms with van der Waals surface area (Å²) in [6.07, 6.45) is 1.81. The predicted molar refractivity (Wildman–Crippen MR) is 42.4 cm³/mol. The van der Waals surface area contributed by atoms with Gasteiger partial charge in [-0.15, -0.1) is 0 Å². The summed E-state index contributed by atoms with van der Waals surface area (Å²) in [4.78, 5) is 24.3. The molecule has 0 bridgehead atoms. The third kappa shape index (κ3) is 1.79. The van der Waals surface area contributed by atoms with E-state index in [2.05, 4.69) is 10.3 Å². The number of pyridine rings is 1. The molecular formula is C7H7N3O2. The zero-order valence-corrected chi connectivity index (χ0v) is 6.15. The molecule has 2 amide bonds. The van der Waals surface area contributed by atoms with Gasteiger partial charge in [0.15, 0.2) is 0 Å². The van der Waals surface area contributed by atoms with Crippen molar-refractivity contribution >= 4 is 18.1 Å². The predicted octanol–water partition coefficient (Wildman–Crippen LogP) is -0.251. The van der Waals surface area contributed by atoms with Gasteiger partial charge in [-0.2, -0.15) is 0 Å². The molecule has 0 unspecified atom stereocenters. The highest BCUT2D eigenvalue weighted by Gasteiger charge is 1.99. The van der Waals surface area contributed by atoms with E-state index in [1.807, 2.05) is 0 Å². The van der Waals surface area contributed by atoms with Crippen LogP contribution in [0.25, 0.3) is 0 Å². The maximum absolute atomic E-state index is 10.6. The number of hydrogen-bond acceptors (Lipinski definition) is 3. The van der Waals surface area contributed by atoms with Gasteiger partial charge in [-0.25, -0.2) is 4.98 Å². The van der Waals surface area contributed by atoms with Crippen molar-refractivity contribution in [3.8, 4) is 0 Å². The summed E-state index contributed by atoms with van der Waals surface area (Å²) in [7, 11) is 0. The van der Waals surface area contributed by atoms with E-state index < -0.39 is 5.91 Å². The Morgan fingerprint density at radius 1 is 1.58 bits per heavy atom. The van der Waals surface area contributed by atoms with Crippen molar-refractivity contribution in [2.75, 3.05) is 5.32 Å². The Labute approximate surface area is 68.6 Å². The lowest BCUT2D eigenvalue weighted by molar-refractivity contribution is -0.105. The first-order valence-corrected chi connectivity index (χ1v) is 3.20. The van der Waals surface area contributed by atoms with Gasteiger partial charge < -0.3 is 11.1 Å². The minimum absolute atomic E-state index is 0.312. The third-order valence-corrected chi connectivity index (χ3v) is 1.25. The van der Waals surface area contributed by atoms with Crippen molar-refractivity contribution in [3.63, 3.8) is 0 Å². The number of carbonyl (C=O) groups is 2. The van der Waals surface area contributed by atoms with Crippen molar-refractivity contribution < 1.29 is 9.59 Å². The molecule has 0 fully saturated rings. The van der Waals surface area contributed by atoms with E-state index in [0.29, 0.717) is 17.8 Å². The molecule has 1 aromatic rings. The molecule has 0 aliphatic rings. The van der Waals surface area contributed by atoms with Crippen LogP contribution in [0.4, 0.5) is 5.82 Å². The Hall–Kier alpha value is -1.91. The number of carbonyl (C=O) groups excluding carboxylic acids is 2. The molecule has 5 heteroatoms. The van der Waals surface area contributed by atoms with E-state index in [1.54, 1.807) is 0 Å². The molecule has 1 aromatic heterocycles. The van der Waals surface area contributed by atoms with E-state index in [0.717, 1.165) is 0 Å². The molecule has 0 atom stereocenters. The molecule has 0 radical (unpaired) electrons. The zero-order chi connectivity index (χ0) is 8.97. The number of hydrogen-bond donors (Lipinski definition) is 2. The van der Waals surface area contributed by atoms with Crippen LogP contribution in [0.2, 0.25) is 0 Å². The Morgan fingerprint density at radius 3 is 2.75 bits per heavy atom. The van der Waals surface area contributed by atoms with Crippen LogP contribution in [0.15, 0.2) is 18.3 Å². The second-order valence-electron chi connectivity index (χ2n) is 2.06. The van der Waals surface area contributed by atoms with Crippen molar-refractivity contribution in [1.29, 1.82) is 0 Å². The van der Waals surface area contributed by atoms with Crippen LogP contribution in [0.5, 0.6) is 0 Å². The molecule has 3 N–H and O–H groups in total. The molecule has 0 aliphatic carbocycles. The molecule has 0 saturated heterocycles. The molecule has 1 rings (SSSR count). The van der Waals surface area contributed by atoms with Crippen LogP contribution >= 0.6 is 0 Å². The average Bonchev–Trinajstić information content (AvgIpc) is 2.06. The van der Waals surface area contributed by atoms with Crippen LogP contribution < -0.4 is 11.1 Å². The molecular weight excluding hydrogens is 158 g/mol. The Balaban J connectivity index is 2.85. The Kier molecular flexibility index (Phi) is 2.37. The SMILES string of the molecule is NC(=O)c1ccc(NC=O)nc1. The molecule has 12 heavy (non-hydrogen) atoms. The normalized spacial score (nSPS) is 9.00. The third-order valence-electron chi connectivity index (χ3n) is 1.25. The summed E-state index contributed by atoms with van der Waals surface area (Å²) in [5.41, 5.74) is 5.28. The molecule has 0 aliphatic heterocycles. The first kappa shape index (κ1) is 8.19. The van der Waals surface area contributed by atoms with Gasteiger partial charge in [0.2, 0.25) is 12.3 Å². The average molecular weight is 165 g/mol. The summed E-state index contributed by atoms with van der Waals surface area (Å²) in [5, 5.41) is 2.33. The number of amides is 2. The number of primary amides is 1. The number of rotatable bonds is 3. The van der Waals surface area contributed by atoms with E-state index in [4.69, 9.17) is 5.73 Å². The summed E-state index contributed by atoms with van der Waals surface area (Å²) in [5.74, 6) is -0.157. The fourth-order valence-electron chi connectivity index (χ4n) is 0.685. The maximum atomic E-state index is 10.6. The number of nitrogens with two attached hydrogens (primary N) is 1. The van der Waals surface area contributed by atoms with E-state index in [1.165, 1.54) is 18.3 Å². The Morgan fingerprint density at radius 2 is 2.33 bits per heavy atom. The number of nitrogens with zero attached hydrogens (tertiary/aromatic N) is 1. The second-order valence-corrected chi connectivity index (χ2v) is 2.06. The molecule has 0 aromatic carbocycles. The Bertz CT molecular complexity index is 294. The fraction of sp³-hybridized carbons (Fsp3) is 0. The van der Waals surface area contributed by atoms with Gasteiger partial charge in [0.1, 0.15) is 5.82 Å². The smallest absolute Gasteiger partial charge is 0.250 e. The van der Waals surface area contributed by atoms with Crippen LogP contribution in [0, 0.1) is 0 Å². The quantitative estimate of drug-likeness (QED) is 0.605. The summed E-state index contributed by atoms with van der Waals surface area (Å²) < 4.78 is 0. The van der Waals surface area contributed by atoms with Gasteiger partial charge in [-0.05, 0) is 12.1 Å². The van der Waals surface area contributed by atoms with Gasteiger partial charge in [-0.1, -0.05) is 0 Å². The van der Waals surface area contributed by atoms with Gasteiger partial charge >= 0.3 is 0 Å². The topological polar surface area (TPSA) is 85.1 Å². The van der Waals surface area contributed by atoms with Crippen molar-refractivity contribution in [1.82, 2.24) is 4.98 Å². The van der Waals surface area contributed by atoms with Gasteiger partial charge in [0, 0.05) is 6.20 Å². The monoisotopic (exact) mass is 165 g/mol. The number of nitrogens with one attached hydrogen (secondary N) is 1. The summed E-state index contributed by atoms with van der Waals surface area (Å²) in [6.45, 7) is 0. The van der Waals surface area contributed by atoms with Crippen molar-refractivity contribution in [3.05, 3.63) is 23.9 Å². The first-order chi connectivity index (χ1) is 5.74. The molecule has 1 heterocycles. The zero-order valence-electron chi connectivity index (χ0n) is 6.15. The highest BCUT2D eigenvalue weighted by molar-refractivity contribution is 5.92. The van der Waals surface area contributed by atoms with Crippen LogP contribution in [-0.2, 0) is 4.79 Å². The van der Waals surface area contributed by atoms with Gasteiger partial charge in [-0.3, -0.25) is 9.59 Å². The molecule has 0 spiro atoms. The highest BCUT2D eigenvalue weighted by atomic mass is 16.1. The molecule has 5 nitrogen and oxygen atoms in total. The lowest BCUT2D eigenvalue weighted by atomic mass is 10.3. The van der Waals surface area contributed by atoms with E-state index in [-0.39, 0.29) is 0 Å². The highest BCUT2D eigenvalue weighted by Crippen LogP contribution is 2.02. The summed E-state index contributed by atoms with van der Waals surface area (Å²) >= 11 is 0. The van der Waals surface area contributed by atoms with Gasteiger partial charge in [0.25, 0.3) is 0 Å². The minimum Gasteiger partial charge on any atom is -0.366 e. The maximum Gasteiger partial charge on any atom is 0.250 e. The lowest BCUT2D eigenvalue weighted by Gasteiger charge is -1.97. The number of aromatic nitrogens is 1. The second kappa shape index (κ2) is 3.47. The van der Waals surface area contributed by atoms with E-state index >= 15 is 0 Å². The summed E-state index contributed by atoms with van der Waals surface area (Å²) in [6, 6.07) is 2.98. The molecule has 62 valence electrons. The van der Waals surface area contributed by atoms with E-state index in [9.17, 15) is 9.59 Å². The largest absolute Gasteiger partial charge is 0.366 e. The lowest BCUT2D eigenvalue weighted by Crippen LogP contribution is -2.11. The fourth-order valence-corrected chi connectivity index (χ4v) is 0.685. The van der Waals surface area contributed by atoms with Crippen molar-refractivity contribution in [2.24, 2.45) is 5.73 Å². The minimum atomic E-state index is -0.542.